The lowest BCUT2D eigenvalue weighted by atomic mass is 9.89. The van der Waals surface area contributed by atoms with Crippen LogP contribution in [0.1, 0.15) is 37.2 Å². The Morgan fingerprint density at radius 3 is 2.32 bits per heavy atom. The molecule has 1 aromatic carbocycles. The minimum Gasteiger partial charge on any atom is -0.372 e. The van der Waals surface area contributed by atoms with E-state index in [-0.39, 0.29) is 5.56 Å². The maximum Gasteiger partial charge on any atom is 0.255 e. The molecule has 0 N–H and O–H groups in total. The number of nitrogens with zero attached hydrogens (tertiary/aromatic N) is 6. The summed E-state index contributed by atoms with van der Waals surface area (Å²) >= 11 is 0. The summed E-state index contributed by atoms with van der Waals surface area (Å²) in [6.07, 6.45) is 7.86. The number of anilines is 2. The van der Waals surface area contributed by atoms with Crippen LogP contribution in [0.15, 0.2) is 53.7 Å². The van der Waals surface area contributed by atoms with Crippen molar-refractivity contribution in [3.8, 4) is 11.4 Å². The second kappa shape index (κ2) is 8.49. The highest BCUT2D eigenvalue weighted by atomic mass is 16.1. The first kappa shape index (κ1) is 19.7. The van der Waals surface area contributed by atoms with Crippen molar-refractivity contribution in [2.75, 3.05) is 36.0 Å². The highest BCUT2D eigenvalue weighted by Crippen LogP contribution is 2.31. The lowest BCUT2D eigenvalue weighted by Crippen LogP contribution is -2.37. The van der Waals surface area contributed by atoms with Crippen LogP contribution < -0.4 is 15.4 Å². The third-order valence-electron chi connectivity index (χ3n) is 6.57. The van der Waals surface area contributed by atoms with E-state index in [1.807, 2.05) is 0 Å². The highest BCUT2D eigenvalue weighted by molar-refractivity contribution is 5.55. The van der Waals surface area contributed by atoms with Gasteiger partial charge in [0.1, 0.15) is 6.33 Å². The fourth-order valence-corrected chi connectivity index (χ4v) is 4.73. The first-order valence-electron chi connectivity index (χ1n) is 11.1. The normalized spacial score (nSPS) is 17.3. The van der Waals surface area contributed by atoms with Crippen molar-refractivity contribution in [1.29, 1.82) is 0 Å². The van der Waals surface area contributed by atoms with E-state index in [4.69, 9.17) is 4.98 Å². The Labute approximate surface area is 182 Å². The van der Waals surface area contributed by atoms with E-state index in [0.29, 0.717) is 23.3 Å². The molecule has 7 heteroatoms. The number of rotatable bonds is 4. The van der Waals surface area contributed by atoms with Crippen molar-refractivity contribution in [3.63, 3.8) is 0 Å². The van der Waals surface area contributed by atoms with Crippen LogP contribution in [0, 0.1) is 0 Å². The van der Waals surface area contributed by atoms with Gasteiger partial charge in [-0.05, 0) is 55.4 Å². The zero-order valence-corrected chi connectivity index (χ0v) is 17.9. The Balaban J connectivity index is 1.30. The van der Waals surface area contributed by atoms with Gasteiger partial charge < -0.3 is 9.80 Å². The number of benzene rings is 1. The smallest absolute Gasteiger partial charge is 0.255 e. The van der Waals surface area contributed by atoms with Gasteiger partial charge >= 0.3 is 0 Å². The van der Waals surface area contributed by atoms with Gasteiger partial charge in [0.15, 0.2) is 0 Å². The molecule has 4 heterocycles. The molecular formula is C24H28N6O. The maximum absolute atomic E-state index is 12.6. The minimum absolute atomic E-state index is 0.0711. The van der Waals surface area contributed by atoms with Crippen LogP contribution in [0.4, 0.5) is 11.6 Å². The quantitative estimate of drug-likeness (QED) is 0.651. The molecule has 0 aliphatic carbocycles. The van der Waals surface area contributed by atoms with Gasteiger partial charge in [-0.2, -0.15) is 0 Å². The molecule has 0 unspecified atom stereocenters. The van der Waals surface area contributed by atoms with Crippen molar-refractivity contribution in [1.82, 2.24) is 19.5 Å². The first-order valence-corrected chi connectivity index (χ1v) is 11.1. The molecule has 2 fully saturated rings. The molecular weight excluding hydrogens is 388 g/mol. The monoisotopic (exact) mass is 416 g/mol. The first-order chi connectivity index (χ1) is 15.2. The minimum atomic E-state index is -0.0711. The molecule has 3 aromatic rings. The molecule has 7 nitrogen and oxygen atoms in total. The summed E-state index contributed by atoms with van der Waals surface area (Å²) in [5.74, 6) is 1.26. The van der Waals surface area contributed by atoms with Gasteiger partial charge in [-0.25, -0.2) is 15.0 Å². The molecule has 5 rings (SSSR count). The van der Waals surface area contributed by atoms with Crippen LogP contribution in [0.3, 0.4) is 0 Å². The fraction of sp³-hybridized carbons (Fsp3) is 0.417. The fourth-order valence-electron chi connectivity index (χ4n) is 4.73. The van der Waals surface area contributed by atoms with E-state index in [9.17, 15) is 4.79 Å². The Morgan fingerprint density at radius 2 is 1.65 bits per heavy atom. The topological polar surface area (TPSA) is 67.2 Å². The second-order valence-electron chi connectivity index (χ2n) is 8.48. The molecule has 160 valence electrons. The van der Waals surface area contributed by atoms with E-state index in [1.165, 1.54) is 43.5 Å². The Bertz CT molecular complexity index is 1080. The lowest BCUT2D eigenvalue weighted by Gasteiger charge is -2.34. The summed E-state index contributed by atoms with van der Waals surface area (Å²) in [5.41, 5.74) is 3.96. The molecule has 2 saturated heterocycles. The molecule has 0 amide bonds. The summed E-state index contributed by atoms with van der Waals surface area (Å²) in [6, 6.07) is 12.5. The van der Waals surface area contributed by atoms with Gasteiger partial charge in [-0.3, -0.25) is 9.36 Å². The van der Waals surface area contributed by atoms with Crippen LogP contribution in [0.25, 0.3) is 11.4 Å². The maximum atomic E-state index is 12.6. The number of aromatic nitrogens is 4. The van der Waals surface area contributed by atoms with Crippen LogP contribution in [-0.2, 0) is 7.05 Å². The SMILES string of the molecule is Cn1c(N2CCC(c3ccc(N4CCCC4)cc3)CC2)nc(-c2ccncn2)cc1=O. The van der Waals surface area contributed by atoms with Crippen molar-refractivity contribution < 1.29 is 0 Å². The van der Waals surface area contributed by atoms with Gasteiger partial charge in [0.05, 0.1) is 11.4 Å². The van der Waals surface area contributed by atoms with Crippen LogP contribution in [0.5, 0.6) is 0 Å². The Kier molecular flexibility index (Phi) is 5.40. The van der Waals surface area contributed by atoms with Crippen LogP contribution in [-0.4, -0.2) is 45.7 Å². The molecule has 0 radical (unpaired) electrons. The summed E-state index contributed by atoms with van der Waals surface area (Å²) in [7, 11) is 1.79. The van der Waals surface area contributed by atoms with Gasteiger partial charge in [0.25, 0.3) is 5.56 Å². The average Bonchev–Trinajstić information content (AvgIpc) is 3.37. The van der Waals surface area contributed by atoms with E-state index in [0.717, 1.165) is 25.9 Å². The third kappa shape index (κ3) is 4.04. The third-order valence-corrected chi connectivity index (χ3v) is 6.57. The second-order valence-corrected chi connectivity index (χ2v) is 8.48. The average molecular weight is 417 g/mol. The van der Waals surface area contributed by atoms with Crippen LogP contribution in [0.2, 0.25) is 0 Å². The molecule has 0 atom stereocenters. The molecule has 0 spiro atoms. The van der Waals surface area contributed by atoms with E-state index >= 15 is 0 Å². The van der Waals surface area contributed by atoms with Gasteiger partial charge in [-0.15, -0.1) is 0 Å². The molecule has 0 saturated carbocycles. The Hall–Kier alpha value is -3.22. The molecule has 2 aromatic heterocycles. The molecule has 2 aliphatic rings. The van der Waals surface area contributed by atoms with Gasteiger partial charge in [0.2, 0.25) is 5.95 Å². The highest BCUT2D eigenvalue weighted by Gasteiger charge is 2.24. The summed E-state index contributed by atoms with van der Waals surface area (Å²) in [6.45, 7) is 4.12. The summed E-state index contributed by atoms with van der Waals surface area (Å²) < 4.78 is 1.63. The number of hydrogen-bond donors (Lipinski definition) is 0. The lowest BCUT2D eigenvalue weighted by molar-refractivity contribution is 0.493. The van der Waals surface area contributed by atoms with Crippen molar-refractivity contribution in [2.24, 2.45) is 7.05 Å². The zero-order chi connectivity index (χ0) is 21.2. The zero-order valence-electron chi connectivity index (χ0n) is 17.9. The predicted octanol–water partition coefficient (Wildman–Crippen LogP) is 3.22. The van der Waals surface area contributed by atoms with Crippen molar-refractivity contribution >= 4 is 11.6 Å². The molecule has 2 aliphatic heterocycles. The van der Waals surface area contributed by atoms with Gasteiger partial charge in [-0.1, -0.05) is 12.1 Å². The molecule has 0 bridgehead atoms. The number of hydrogen-bond acceptors (Lipinski definition) is 6. The summed E-state index contributed by atoms with van der Waals surface area (Å²) in [4.78, 5) is 30.2. The van der Waals surface area contributed by atoms with Gasteiger partial charge in [0, 0.05) is 51.2 Å². The Morgan fingerprint density at radius 1 is 0.903 bits per heavy atom. The van der Waals surface area contributed by atoms with E-state index in [2.05, 4.69) is 44.0 Å². The van der Waals surface area contributed by atoms with Crippen molar-refractivity contribution in [3.05, 3.63) is 64.8 Å². The summed E-state index contributed by atoms with van der Waals surface area (Å²) in [5, 5.41) is 0. The predicted molar refractivity (Wildman–Crippen MR) is 123 cm³/mol. The van der Waals surface area contributed by atoms with Crippen molar-refractivity contribution in [2.45, 2.75) is 31.6 Å². The van der Waals surface area contributed by atoms with E-state index < -0.39 is 0 Å². The number of piperidine rings is 1. The molecule has 31 heavy (non-hydrogen) atoms. The standard InChI is InChI=1S/C24H28N6O/c1-28-23(31)16-22(21-8-11-25-17-26-21)27-24(28)30-14-9-19(10-15-30)18-4-6-20(7-5-18)29-12-2-3-13-29/h4-8,11,16-17,19H,2-3,9-10,12-15H2,1H3. The van der Waals surface area contributed by atoms with Crippen LogP contribution >= 0.6 is 0 Å². The largest absolute Gasteiger partial charge is 0.372 e. The van der Waals surface area contributed by atoms with E-state index in [1.54, 1.807) is 29.9 Å².